The number of rotatable bonds is 6. The van der Waals surface area contributed by atoms with Crippen molar-refractivity contribution < 1.29 is 18.7 Å². The van der Waals surface area contributed by atoms with Crippen LogP contribution in [0.3, 0.4) is 0 Å². The van der Waals surface area contributed by atoms with Gasteiger partial charge in [0.1, 0.15) is 11.7 Å². The summed E-state index contributed by atoms with van der Waals surface area (Å²) in [4.78, 5) is 34.0. The number of hydrazone groups is 1. The van der Waals surface area contributed by atoms with Crippen LogP contribution < -0.4 is 5.01 Å². The Labute approximate surface area is 170 Å². The largest absolute Gasteiger partial charge is 0.469 e. The van der Waals surface area contributed by atoms with Gasteiger partial charge in [-0.15, -0.1) is 0 Å². The number of fused-ring (bicyclic) bond motifs is 1. The molecule has 1 amide bonds. The molecule has 1 aliphatic rings. The maximum absolute atomic E-state index is 13.2. The van der Waals surface area contributed by atoms with Crippen LogP contribution in [0.25, 0.3) is 10.2 Å². The summed E-state index contributed by atoms with van der Waals surface area (Å²) >= 11 is 1.37. The van der Waals surface area contributed by atoms with Gasteiger partial charge in [-0.2, -0.15) is 10.1 Å². The molecule has 3 aromatic rings. The van der Waals surface area contributed by atoms with Crippen LogP contribution in [-0.4, -0.2) is 35.4 Å². The van der Waals surface area contributed by atoms with Crippen molar-refractivity contribution in [1.29, 1.82) is 0 Å². The Morgan fingerprint density at radius 3 is 2.86 bits per heavy atom. The highest BCUT2D eigenvalue weighted by atomic mass is 32.1. The van der Waals surface area contributed by atoms with E-state index in [4.69, 9.17) is 9.15 Å². The highest BCUT2D eigenvalue weighted by Crippen LogP contribution is 2.33. The first-order chi connectivity index (χ1) is 14.1. The molecule has 0 bridgehead atoms. The van der Waals surface area contributed by atoms with Crippen LogP contribution >= 0.6 is 11.3 Å². The minimum Gasteiger partial charge on any atom is -0.469 e. The van der Waals surface area contributed by atoms with Gasteiger partial charge in [-0.1, -0.05) is 23.5 Å². The van der Waals surface area contributed by atoms with E-state index in [9.17, 15) is 9.59 Å². The monoisotopic (exact) mass is 410 g/mol. The summed E-state index contributed by atoms with van der Waals surface area (Å²) in [6, 6.07) is 11.2. The van der Waals surface area contributed by atoms with Gasteiger partial charge in [0.25, 0.3) is 5.91 Å². The van der Waals surface area contributed by atoms with Crippen LogP contribution in [-0.2, 0) is 20.9 Å². The molecule has 0 saturated heterocycles. The number of nitrogens with zero attached hydrogens (tertiary/aromatic N) is 4. The van der Waals surface area contributed by atoms with E-state index >= 15 is 0 Å². The first kappa shape index (κ1) is 19.0. The summed E-state index contributed by atoms with van der Waals surface area (Å²) in [5.74, 6) is -0.810. The maximum atomic E-state index is 13.2. The van der Waals surface area contributed by atoms with E-state index in [0.717, 1.165) is 10.2 Å². The van der Waals surface area contributed by atoms with Crippen molar-refractivity contribution in [2.75, 3.05) is 12.1 Å². The average Bonchev–Trinajstić information content (AvgIpc) is 3.44. The summed E-state index contributed by atoms with van der Waals surface area (Å²) in [5, 5.41) is 6.13. The fourth-order valence-corrected chi connectivity index (χ4v) is 3.98. The Bertz CT molecular complexity index is 1080. The molecule has 0 fully saturated rings. The molecule has 2 aromatic heterocycles. The van der Waals surface area contributed by atoms with Crippen molar-refractivity contribution in [2.24, 2.45) is 16.0 Å². The molecule has 9 heteroatoms. The Morgan fingerprint density at radius 2 is 2.14 bits per heavy atom. The molecule has 1 aliphatic heterocycles. The first-order valence-electron chi connectivity index (χ1n) is 8.94. The molecule has 29 heavy (non-hydrogen) atoms. The molecule has 3 heterocycles. The summed E-state index contributed by atoms with van der Waals surface area (Å²) in [6.45, 7) is 2.05. The van der Waals surface area contributed by atoms with Crippen LogP contribution in [0.2, 0.25) is 0 Å². The van der Waals surface area contributed by atoms with Gasteiger partial charge in [0.15, 0.2) is 0 Å². The third-order valence-corrected chi connectivity index (χ3v) is 5.53. The molecule has 1 aromatic carbocycles. The molecule has 148 valence electrons. The summed E-state index contributed by atoms with van der Waals surface area (Å²) in [7, 11) is 1.30. The van der Waals surface area contributed by atoms with Crippen molar-refractivity contribution in [1.82, 2.24) is 4.98 Å². The zero-order valence-electron chi connectivity index (χ0n) is 15.9. The maximum Gasteiger partial charge on any atom is 0.311 e. The smallest absolute Gasteiger partial charge is 0.311 e. The lowest BCUT2D eigenvalue weighted by molar-refractivity contribution is -0.139. The summed E-state index contributed by atoms with van der Waals surface area (Å²) < 4.78 is 11.0. The number of anilines is 1. The number of hydrogen-bond donors (Lipinski definition) is 0. The van der Waals surface area contributed by atoms with Crippen molar-refractivity contribution in [2.45, 2.75) is 19.9 Å². The number of methoxy groups -OCH3 is 1. The number of benzene rings is 1. The normalized spacial score (nSPS) is 17.1. The number of amides is 1. The Morgan fingerprint density at radius 1 is 1.31 bits per heavy atom. The van der Waals surface area contributed by atoms with Crippen LogP contribution in [0.1, 0.15) is 19.1 Å². The van der Waals surface area contributed by atoms with Crippen LogP contribution in [0.5, 0.6) is 0 Å². The van der Waals surface area contributed by atoms with Crippen molar-refractivity contribution >= 4 is 50.0 Å². The van der Waals surface area contributed by atoms with E-state index in [1.54, 1.807) is 19.3 Å². The second-order valence-electron chi connectivity index (χ2n) is 6.43. The number of aliphatic imine (C=N–C) groups is 1. The standard InChI is InChI=1S/C20H18N4O4S/c1-12(21-11-13-6-5-9-28-13)18-15(10-17(25)27-2)23-24(19(18)26)20-22-14-7-3-4-8-16(14)29-20/h3-9,18H,10-11H2,1-2H3. The van der Waals surface area contributed by atoms with Crippen molar-refractivity contribution in [3.63, 3.8) is 0 Å². The molecule has 0 spiro atoms. The van der Waals surface area contributed by atoms with E-state index in [1.165, 1.54) is 23.5 Å². The predicted octanol–water partition coefficient (Wildman–Crippen LogP) is 3.43. The fraction of sp³-hybridized carbons (Fsp3) is 0.250. The Hall–Kier alpha value is -3.33. The van der Waals surface area contributed by atoms with E-state index in [1.807, 2.05) is 30.3 Å². The molecular formula is C20H18N4O4S. The van der Waals surface area contributed by atoms with E-state index in [-0.39, 0.29) is 12.3 Å². The minimum absolute atomic E-state index is 0.0953. The topological polar surface area (TPSA) is 97.4 Å². The Kier molecular flexibility index (Phi) is 5.22. The van der Waals surface area contributed by atoms with E-state index in [0.29, 0.717) is 28.9 Å². The summed E-state index contributed by atoms with van der Waals surface area (Å²) in [6.07, 6.45) is 1.47. The van der Waals surface area contributed by atoms with Gasteiger partial charge in [-0.05, 0) is 31.2 Å². The molecule has 1 atom stereocenters. The zero-order valence-corrected chi connectivity index (χ0v) is 16.7. The number of aromatic nitrogens is 1. The predicted molar refractivity (Wildman–Crippen MR) is 110 cm³/mol. The highest BCUT2D eigenvalue weighted by molar-refractivity contribution is 7.22. The lowest BCUT2D eigenvalue weighted by Crippen LogP contribution is -2.33. The van der Waals surface area contributed by atoms with E-state index in [2.05, 4.69) is 15.1 Å². The molecule has 4 rings (SSSR count). The fourth-order valence-electron chi connectivity index (χ4n) is 3.06. The lowest BCUT2D eigenvalue weighted by Gasteiger charge is -2.12. The molecule has 0 saturated carbocycles. The quantitative estimate of drug-likeness (QED) is 0.458. The number of para-hydroxylation sites is 1. The third-order valence-electron chi connectivity index (χ3n) is 4.52. The van der Waals surface area contributed by atoms with Crippen LogP contribution in [0.15, 0.2) is 57.2 Å². The average molecular weight is 410 g/mol. The van der Waals surface area contributed by atoms with Gasteiger partial charge in [-0.3, -0.25) is 14.6 Å². The molecule has 0 radical (unpaired) electrons. The van der Waals surface area contributed by atoms with E-state index < -0.39 is 11.9 Å². The summed E-state index contributed by atoms with van der Waals surface area (Å²) in [5.41, 5.74) is 1.73. The molecule has 0 N–H and O–H groups in total. The van der Waals surface area contributed by atoms with Gasteiger partial charge < -0.3 is 9.15 Å². The van der Waals surface area contributed by atoms with Gasteiger partial charge in [0.2, 0.25) is 5.13 Å². The number of furan rings is 1. The minimum atomic E-state index is -0.740. The number of ether oxygens (including phenoxy) is 1. The molecular weight excluding hydrogens is 392 g/mol. The van der Waals surface area contributed by atoms with Crippen molar-refractivity contribution in [3.8, 4) is 0 Å². The van der Waals surface area contributed by atoms with Gasteiger partial charge in [0, 0.05) is 5.71 Å². The second-order valence-corrected chi connectivity index (χ2v) is 7.44. The van der Waals surface area contributed by atoms with Gasteiger partial charge >= 0.3 is 5.97 Å². The Balaban J connectivity index is 1.66. The van der Waals surface area contributed by atoms with Gasteiger partial charge in [0.05, 0.1) is 42.3 Å². The number of esters is 1. The number of hydrogen-bond acceptors (Lipinski definition) is 8. The molecule has 0 aliphatic carbocycles. The zero-order chi connectivity index (χ0) is 20.4. The number of carbonyl (C=O) groups is 2. The number of thiazole rings is 1. The van der Waals surface area contributed by atoms with Crippen LogP contribution in [0, 0.1) is 5.92 Å². The molecule has 1 unspecified atom stereocenters. The SMILES string of the molecule is COC(=O)CC1=NN(c2nc3ccccc3s2)C(=O)C1C(C)=NCc1ccco1. The lowest BCUT2D eigenvalue weighted by atomic mass is 9.96. The molecule has 8 nitrogen and oxygen atoms in total. The first-order valence-corrected chi connectivity index (χ1v) is 9.75. The van der Waals surface area contributed by atoms with Gasteiger partial charge in [-0.25, -0.2) is 4.98 Å². The number of carbonyl (C=O) groups excluding carboxylic acids is 2. The third kappa shape index (κ3) is 3.81. The highest BCUT2D eigenvalue weighted by Gasteiger charge is 2.40. The second kappa shape index (κ2) is 7.96. The van der Waals surface area contributed by atoms with Crippen LogP contribution in [0.4, 0.5) is 5.13 Å². The van der Waals surface area contributed by atoms with Crippen molar-refractivity contribution in [3.05, 3.63) is 48.4 Å².